The van der Waals surface area contributed by atoms with Gasteiger partial charge in [-0.2, -0.15) is 9.57 Å². The third-order valence-corrected chi connectivity index (χ3v) is 6.03. The second-order valence-electron chi connectivity index (χ2n) is 5.02. The van der Waals surface area contributed by atoms with E-state index < -0.39 is 10.0 Å². The van der Waals surface area contributed by atoms with Crippen molar-refractivity contribution in [3.63, 3.8) is 0 Å². The standard InChI is InChI=1S/C12H15N5O2S/c13-9-10-1-4-12(15-14-10)16-5-7-17(8-6-16)20(18,19)11-2-3-11/h1,4,11H,2-3,5-8H2. The minimum Gasteiger partial charge on any atom is -0.352 e. The van der Waals surface area contributed by atoms with Crippen LogP contribution in [-0.4, -0.2) is 54.3 Å². The van der Waals surface area contributed by atoms with Crippen molar-refractivity contribution < 1.29 is 8.42 Å². The molecule has 1 aliphatic carbocycles. The summed E-state index contributed by atoms with van der Waals surface area (Å²) in [6.07, 6.45) is 1.59. The highest BCUT2D eigenvalue weighted by atomic mass is 32.2. The lowest BCUT2D eigenvalue weighted by molar-refractivity contribution is 0.382. The smallest absolute Gasteiger partial charge is 0.217 e. The van der Waals surface area contributed by atoms with Crippen LogP contribution in [0.1, 0.15) is 18.5 Å². The van der Waals surface area contributed by atoms with E-state index in [1.807, 2.05) is 11.0 Å². The predicted octanol–water partition coefficient (Wildman–Crippen LogP) is -0.0375. The van der Waals surface area contributed by atoms with E-state index in [-0.39, 0.29) is 10.9 Å². The molecule has 20 heavy (non-hydrogen) atoms. The first-order valence-electron chi connectivity index (χ1n) is 6.59. The molecule has 7 nitrogen and oxygen atoms in total. The van der Waals surface area contributed by atoms with Crippen molar-refractivity contribution in [3.05, 3.63) is 17.8 Å². The Kier molecular flexibility index (Phi) is 3.31. The molecule has 0 amide bonds. The van der Waals surface area contributed by atoms with Crippen molar-refractivity contribution in [1.82, 2.24) is 14.5 Å². The summed E-state index contributed by atoms with van der Waals surface area (Å²) >= 11 is 0. The zero-order valence-electron chi connectivity index (χ0n) is 10.9. The Balaban J connectivity index is 1.64. The van der Waals surface area contributed by atoms with Crippen LogP contribution in [0.5, 0.6) is 0 Å². The molecule has 0 N–H and O–H groups in total. The molecule has 2 aliphatic rings. The average Bonchev–Trinajstić information content (AvgIpc) is 3.33. The lowest BCUT2D eigenvalue weighted by atomic mass is 10.3. The summed E-state index contributed by atoms with van der Waals surface area (Å²) in [5, 5.41) is 16.3. The Morgan fingerprint density at radius 3 is 2.35 bits per heavy atom. The monoisotopic (exact) mass is 293 g/mol. The van der Waals surface area contributed by atoms with Crippen molar-refractivity contribution >= 4 is 15.8 Å². The normalized spacial score (nSPS) is 20.6. The summed E-state index contributed by atoms with van der Waals surface area (Å²) in [5.41, 5.74) is 0.281. The van der Waals surface area contributed by atoms with Crippen LogP contribution in [0.3, 0.4) is 0 Å². The zero-order chi connectivity index (χ0) is 14.2. The number of hydrogen-bond donors (Lipinski definition) is 0. The van der Waals surface area contributed by atoms with E-state index in [0.29, 0.717) is 32.0 Å². The number of piperazine rings is 1. The maximum absolute atomic E-state index is 12.1. The lowest BCUT2D eigenvalue weighted by Gasteiger charge is -2.34. The van der Waals surface area contributed by atoms with Crippen molar-refractivity contribution in [2.45, 2.75) is 18.1 Å². The number of rotatable bonds is 3. The zero-order valence-corrected chi connectivity index (χ0v) is 11.8. The molecular formula is C12H15N5O2S. The van der Waals surface area contributed by atoms with Gasteiger partial charge in [-0.1, -0.05) is 0 Å². The molecular weight excluding hydrogens is 278 g/mol. The molecule has 1 saturated heterocycles. The van der Waals surface area contributed by atoms with E-state index >= 15 is 0 Å². The lowest BCUT2D eigenvalue weighted by Crippen LogP contribution is -2.49. The molecule has 2 heterocycles. The fraction of sp³-hybridized carbons (Fsp3) is 0.583. The number of hydrogen-bond acceptors (Lipinski definition) is 6. The summed E-state index contributed by atoms with van der Waals surface area (Å²) in [7, 11) is -3.08. The first-order chi connectivity index (χ1) is 9.61. The predicted molar refractivity (Wildman–Crippen MR) is 72.5 cm³/mol. The Labute approximate surface area is 117 Å². The number of sulfonamides is 1. The first kappa shape index (κ1) is 13.3. The number of aromatic nitrogens is 2. The molecule has 2 fully saturated rings. The van der Waals surface area contributed by atoms with E-state index in [9.17, 15) is 8.42 Å². The van der Waals surface area contributed by atoms with Crippen LogP contribution in [0.2, 0.25) is 0 Å². The van der Waals surface area contributed by atoms with Crippen LogP contribution in [0.15, 0.2) is 12.1 Å². The second kappa shape index (κ2) is 5.00. The molecule has 1 aromatic heterocycles. The van der Waals surface area contributed by atoms with Crippen molar-refractivity contribution in [3.8, 4) is 6.07 Å². The van der Waals surface area contributed by atoms with Gasteiger partial charge in [-0.3, -0.25) is 0 Å². The quantitative estimate of drug-likeness (QED) is 0.777. The second-order valence-corrected chi connectivity index (χ2v) is 7.23. The van der Waals surface area contributed by atoms with Gasteiger partial charge in [0.2, 0.25) is 10.0 Å². The molecule has 0 bridgehead atoms. The van der Waals surface area contributed by atoms with Crippen LogP contribution in [0.4, 0.5) is 5.82 Å². The van der Waals surface area contributed by atoms with E-state index in [0.717, 1.165) is 12.8 Å². The SMILES string of the molecule is N#Cc1ccc(N2CCN(S(=O)(=O)C3CC3)CC2)nn1. The highest BCUT2D eigenvalue weighted by Gasteiger charge is 2.41. The van der Waals surface area contributed by atoms with Crippen LogP contribution >= 0.6 is 0 Å². The topological polar surface area (TPSA) is 90.2 Å². The van der Waals surface area contributed by atoms with Gasteiger partial charge >= 0.3 is 0 Å². The summed E-state index contributed by atoms with van der Waals surface area (Å²) in [6.45, 7) is 2.18. The maximum Gasteiger partial charge on any atom is 0.217 e. The van der Waals surface area contributed by atoms with Gasteiger partial charge in [0, 0.05) is 26.2 Å². The Morgan fingerprint density at radius 1 is 1.15 bits per heavy atom. The largest absolute Gasteiger partial charge is 0.352 e. The molecule has 1 aliphatic heterocycles. The van der Waals surface area contributed by atoms with E-state index in [1.165, 1.54) is 0 Å². The average molecular weight is 293 g/mol. The fourth-order valence-corrected chi connectivity index (χ4v) is 4.13. The van der Waals surface area contributed by atoms with Gasteiger partial charge in [-0.05, 0) is 25.0 Å². The first-order valence-corrected chi connectivity index (χ1v) is 8.09. The van der Waals surface area contributed by atoms with Crippen molar-refractivity contribution in [2.75, 3.05) is 31.1 Å². The third-order valence-electron chi connectivity index (χ3n) is 3.63. The van der Waals surface area contributed by atoms with Crippen molar-refractivity contribution in [1.29, 1.82) is 5.26 Å². The van der Waals surface area contributed by atoms with Crippen LogP contribution in [0.25, 0.3) is 0 Å². The Morgan fingerprint density at radius 2 is 1.85 bits per heavy atom. The minimum absolute atomic E-state index is 0.149. The summed E-state index contributed by atoms with van der Waals surface area (Å²) in [5.74, 6) is 0.687. The fourth-order valence-electron chi connectivity index (χ4n) is 2.30. The van der Waals surface area contributed by atoms with Gasteiger partial charge in [0.25, 0.3) is 0 Å². The summed E-state index contributed by atoms with van der Waals surface area (Å²) < 4.78 is 25.8. The Bertz CT molecular complexity index is 625. The molecule has 0 atom stereocenters. The number of nitriles is 1. The van der Waals surface area contributed by atoms with E-state index in [1.54, 1.807) is 16.4 Å². The van der Waals surface area contributed by atoms with Gasteiger partial charge in [0.15, 0.2) is 11.5 Å². The molecule has 0 unspecified atom stereocenters. The van der Waals surface area contributed by atoms with Gasteiger partial charge < -0.3 is 4.90 Å². The highest BCUT2D eigenvalue weighted by Crippen LogP contribution is 2.31. The molecule has 0 spiro atoms. The molecule has 106 valence electrons. The van der Waals surface area contributed by atoms with E-state index in [4.69, 9.17) is 5.26 Å². The molecule has 3 rings (SSSR count). The van der Waals surface area contributed by atoms with Gasteiger partial charge in [-0.25, -0.2) is 8.42 Å². The summed E-state index contributed by atoms with van der Waals surface area (Å²) in [6, 6.07) is 5.29. The van der Waals surface area contributed by atoms with Gasteiger partial charge in [0.05, 0.1) is 5.25 Å². The summed E-state index contributed by atoms with van der Waals surface area (Å²) in [4.78, 5) is 1.99. The number of nitrogens with zero attached hydrogens (tertiary/aromatic N) is 5. The minimum atomic E-state index is -3.08. The van der Waals surface area contributed by atoms with Crippen LogP contribution in [0, 0.1) is 11.3 Å². The molecule has 8 heteroatoms. The molecule has 0 aromatic carbocycles. The molecule has 0 radical (unpaired) electrons. The van der Waals surface area contributed by atoms with E-state index in [2.05, 4.69) is 10.2 Å². The number of anilines is 1. The van der Waals surface area contributed by atoms with Gasteiger partial charge in [-0.15, -0.1) is 10.2 Å². The third kappa shape index (κ3) is 2.46. The molecule has 1 aromatic rings. The van der Waals surface area contributed by atoms with Crippen molar-refractivity contribution in [2.24, 2.45) is 0 Å². The highest BCUT2D eigenvalue weighted by molar-refractivity contribution is 7.90. The molecule has 1 saturated carbocycles. The van der Waals surface area contributed by atoms with Crippen LogP contribution in [-0.2, 0) is 10.0 Å². The Hall–Kier alpha value is -1.72. The van der Waals surface area contributed by atoms with Crippen LogP contribution < -0.4 is 4.90 Å². The van der Waals surface area contributed by atoms with Gasteiger partial charge in [0.1, 0.15) is 6.07 Å². The maximum atomic E-state index is 12.1.